The van der Waals surface area contributed by atoms with Crippen molar-refractivity contribution in [3.05, 3.63) is 23.8 Å². The maximum Gasteiger partial charge on any atom is 0.117 e. The lowest BCUT2D eigenvalue weighted by Gasteiger charge is -2.04. The highest BCUT2D eigenvalue weighted by Gasteiger charge is 2.46. The van der Waals surface area contributed by atoms with E-state index in [4.69, 9.17) is 5.26 Å². The molecular weight excluding hydrogens is 176 g/mol. The van der Waals surface area contributed by atoms with Crippen molar-refractivity contribution in [2.45, 2.75) is 18.3 Å². The van der Waals surface area contributed by atoms with Gasteiger partial charge in [0.05, 0.1) is 17.0 Å². The SMILES string of the molecule is N#CC1(c2cccc3[nH]nnc23)CC1. The van der Waals surface area contributed by atoms with Crippen LogP contribution in [0.3, 0.4) is 0 Å². The van der Waals surface area contributed by atoms with Crippen molar-refractivity contribution >= 4 is 11.0 Å². The molecule has 0 radical (unpaired) electrons. The highest BCUT2D eigenvalue weighted by Crippen LogP contribution is 2.49. The van der Waals surface area contributed by atoms with Crippen LogP contribution in [0.2, 0.25) is 0 Å². The van der Waals surface area contributed by atoms with Crippen molar-refractivity contribution in [2.24, 2.45) is 0 Å². The molecule has 1 N–H and O–H groups in total. The maximum atomic E-state index is 9.10. The molecule has 1 aliphatic carbocycles. The number of aromatic amines is 1. The summed E-state index contributed by atoms with van der Waals surface area (Å²) in [7, 11) is 0. The number of nitriles is 1. The molecule has 1 saturated carbocycles. The highest BCUT2D eigenvalue weighted by molar-refractivity contribution is 5.79. The molecule has 4 heteroatoms. The molecule has 0 amide bonds. The normalized spacial score (nSPS) is 17.9. The summed E-state index contributed by atoms with van der Waals surface area (Å²) in [5.41, 5.74) is 2.48. The van der Waals surface area contributed by atoms with E-state index in [2.05, 4.69) is 21.5 Å². The Kier molecular flexibility index (Phi) is 1.25. The minimum atomic E-state index is -0.281. The first-order chi connectivity index (χ1) is 6.86. The number of hydrogen-bond donors (Lipinski definition) is 1. The van der Waals surface area contributed by atoms with Crippen LogP contribution in [0.15, 0.2) is 18.2 Å². The molecule has 1 aromatic heterocycles. The van der Waals surface area contributed by atoms with E-state index in [9.17, 15) is 0 Å². The zero-order valence-corrected chi connectivity index (χ0v) is 7.49. The van der Waals surface area contributed by atoms with E-state index in [1.165, 1.54) is 0 Å². The molecule has 0 atom stereocenters. The Labute approximate surface area is 80.5 Å². The van der Waals surface area contributed by atoms with Crippen LogP contribution in [0.25, 0.3) is 11.0 Å². The number of rotatable bonds is 1. The molecule has 0 unspecified atom stereocenters. The number of benzene rings is 1. The number of nitrogens with zero attached hydrogens (tertiary/aromatic N) is 3. The van der Waals surface area contributed by atoms with Crippen LogP contribution in [0.5, 0.6) is 0 Å². The van der Waals surface area contributed by atoms with Gasteiger partial charge in [-0.3, -0.25) is 5.10 Å². The third-order valence-corrected chi connectivity index (χ3v) is 2.84. The molecule has 0 saturated heterocycles. The Morgan fingerprint density at radius 3 is 3.00 bits per heavy atom. The van der Waals surface area contributed by atoms with Crippen LogP contribution in [-0.2, 0) is 5.41 Å². The number of aromatic nitrogens is 3. The first-order valence-electron chi connectivity index (χ1n) is 4.57. The lowest BCUT2D eigenvalue weighted by molar-refractivity contribution is 0.906. The molecule has 0 aliphatic heterocycles. The Morgan fingerprint density at radius 2 is 2.29 bits per heavy atom. The zero-order valence-electron chi connectivity index (χ0n) is 7.49. The second-order valence-corrected chi connectivity index (χ2v) is 3.71. The molecule has 1 heterocycles. The van der Waals surface area contributed by atoms with Crippen molar-refractivity contribution in [1.82, 2.24) is 15.4 Å². The van der Waals surface area contributed by atoms with Crippen LogP contribution in [0.1, 0.15) is 18.4 Å². The van der Waals surface area contributed by atoms with Crippen molar-refractivity contribution in [3.63, 3.8) is 0 Å². The largest absolute Gasteiger partial charge is 0.258 e. The fourth-order valence-electron chi connectivity index (χ4n) is 1.82. The smallest absolute Gasteiger partial charge is 0.117 e. The van der Waals surface area contributed by atoms with E-state index in [0.717, 1.165) is 29.4 Å². The highest BCUT2D eigenvalue weighted by atomic mass is 15.3. The van der Waals surface area contributed by atoms with Gasteiger partial charge in [-0.2, -0.15) is 5.26 Å². The topological polar surface area (TPSA) is 65.4 Å². The van der Waals surface area contributed by atoms with Crippen LogP contribution >= 0.6 is 0 Å². The fraction of sp³-hybridized carbons (Fsp3) is 0.300. The first kappa shape index (κ1) is 7.51. The van der Waals surface area contributed by atoms with E-state index < -0.39 is 0 Å². The lowest BCUT2D eigenvalue weighted by Crippen LogP contribution is -2.03. The third kappa shape index (κ3) is 0.814. The van der Waals surface area contributed by atoms with Crippen molar-refractivity contribution < 1.29 is 0 Å². The predicted octanol–water partition coefficient (Wildman–Crippen LogP) is 1.51. The van der Waals surface area contributed by atoms with E-state index in [1.807, 2.05) is 18.2 Å². The van der Waals surface area contributed by atoms with Gasteiger partial charge in [0.25, 0.3) is 0 Å². The summed E-state index contributed by atoms with van der Waals surface area (Å²) >= 11 is 0. The monoisotopic (exact) mass is 184 g/mol. The Morgan fingerprint density at radius 1 is 1.43 bits per heavy atom. The molecule has 1 aromatic carbocycles. The van der Waals surface area contributed by atoms with E-state index >= 15 is 0 Å². The standard InChI is InChI=1S/C10H8N4/c11-6-10(4-5-10)7-2-1-3-8-9(7)13-14-12-8/h1-3H,4-5H2,(H,12,13,14). The molecule has 0 spiro atoms. The second-order valence-electron chi connectivity index (χ2n) is 3.71. The lowest BCUT2D eigenvalue weighted by atomic mass is 9.96. The maximum absolute atomic E-state index is 9.10. The molecule has 1 fully saturated rings. The quantitative estimate of drug-likeness (QED) is 0.730. The van der Waals surface area contributed by atoms with Crippen LogP contribution < -0.4 is 0 Å². The van der Waals surface area contributed by atoms with Crippen LogP contribution in [-0.4, -0.2) is 15.4 Å². The molecular formula is C10H8N4. The van der Waals surface area contributed by atoms with Crippen LogP contribution in [0, 0.1) is 11.3 Å². The average molecular weight is 184 g/mol. The van der Waals surface area contributed by atoms with E-state index in [0.29, 0.717) is 0 Å². The summed E-state index contributed by atoms with van der Waals surface area (Å²) in [5.74, 6) is 0. The van der Waals surface area contributed by atoms with E-state index in [1.54, 1.807) is 0 Å². The summed E-state index contributed by atoms with van der Waals surface area (Å²) < 4.78 is 0. The average Bonchev–Trinajstić information content (AvgIpc) is 2.87. The van der Waals surface area contributed by atoms with Crippen molar-refractivity contribution in [3.8, 4) is 6.07 Å². The fourth-order valence-corrected chi connectivity index (χ4v) is 1.82. The second kappa shape index (κ2) is 2.32. The number of H-pyrrole nitrogens is 1. The minimum Gasteiger partial charge on any atom is -0.258 e. The molecule has 3 rings (SSSR count). The van der Waals surface area contributed by atoms with Crippen molar-refractivity contribution in [1.29, 1.82) is 5.26 Å². The molecule has 1 aliphatic rings. The minimum absolute atomic E-state index is 0.281. The molecule has 0 bridgehead atoms. The third-order valence-electron chi connectivity index (χ3n) is 2.84. The van der Waals surface area contributed by atoms with Gasteiger partial charge in [-0.05, 0) is 18.9 Å². The molecule has 14 heavy (non-hydrogen) atoms. The molecule has 2 aromatic rings. The number of fused-ring (bicyclic) bond motifs is 1. The van der Waals surface area contributed by atoms with Gasteiger partial charge >= 0.3 is 0 Å². The van der Waals surface area contributed by atoms with Gasteiger partial charge in [0.2, 0.25) is 0 Å². The molecule has 4 nitrogen and oxygen atoms in total. The van der Waals surface area contributed by atoms with Gasteiger partial charge in [-0.25, -0.2) is 0 Å². The van der Waals surface area contributed by atoms with Gasteiger partial charge in [-0.15, -0.1) is 5.10 Å². The summed E-state index contributed by atoms with van der Waals surface area (Å²) in [6.45, 7) is 0. The summed E-state index contributed by atoms with van der Waals surface area (Å²) in [4.78, 5) is 0. The Balaban J connectivity index is 2.32. The Bertz CT molecular complexity index is 530. The Hall–Kier alpha value is -1.89. The first-order valence-corrected chi connectivity index (χ1v) is 4.57. The number of nitrogens with one attached hydrogen (secondary N) is 1. The van der Waals surface area contributed by atoms with Gasteiger partial charge in [0, 0.05) is 5.56 Å². The number of hydrogen-bond acceptors (Lipinski definition) is 3. The van der Waals surface area contributed by atoms with Crippen LogP contribution in [0.4, 0.5) is 0 Å². The van der Waals surface area contributed by atoms with Gasteiger partial charge in [-0.1, -0.05) is 17.3 Å². The predicted molar refractivity (Wildman–Crippen MR) is 50.4 cm³/mol. The summed E-state index contributed by atoms with van der Waals surface area (Å²) in [5, 5.41) is 19.7. The van der Waals surface area contributed by atoms with Gasteiger partial charge < -0.3 is 0 Å². The van der Waals surface area contributed by atoms with Gasteiger partial charge in [0.15, 0.2) is 0 Å². The summed E-state index contributed by atoms with van der Waals surface area (Å²) in [6.07, 6.45) is 1.88. The summed E-state index contributed by atoms with van der Waals surface area (Å²) in [6, 6.07) is 8.20. The zero-order chi connectivity index (χ0) is 9.60. The van der Waals surface area contributed by atoms with Crippen molar-refractivity contribution in [2.75, 3.05) is 0 Å². The van der Waals surface area contributed by atoms with Gasteiger partial charge in [0.1, 0.15) is 5.52 Å². The molecule has 68 valence electrons. The van der Waals surface area contributed by atoms with E-state index in [-0.39, 0.29) is 5.41 Å².